The highest BCUT2D eigenvalue weighted by Crippen LogP contribution is 2.24. The third kappa shape index (κ3) is 3.46. The fourth-order valence-corrected chi connectivity index (χ4v) is 1.86. The molecule has 1 aromatic rings. The highest BCUT2D eigenvalue weighted by molar-refractivity contribution is 5.75. The van der Waals surface area contributed by atoms with E-state index in [0.717, 1.165) is 11.3 Å². The van der Waals surface area contributed by atoms with Crippen LogP contribution in [0.25, 0.3) is 0 Å². The largest absolute Gasteiger partial charge is 0.496 e. The molecule has 0 aromatic heterocycles. The van der Waals surface area contributed by atoms with Crippen molar-refractivity contribution in [3.05, 3.63) is 28.8 Å². The zero-order valence-electron chi connectivity index (χ0n) is 10.9. The minimum absolute atomic E-state index is 0.268. The number of hydrogen-bond donors (Lipinski definition) is 1. The number of nitrogens with two attached hydrogens (primary N) is 1. The molecule has 0 bridgehead atoms. The predicted molar refractivity (Wildman–Crippen MR) is 68.0 cm³/mol. The van der Waals surface area contributed by atoms with Crippen LogP contribution in [-0.4, -0.2) is 31.5 Å². The Morgan fingerprint density at radius 2 is 2.00 bits per heavy atom. The summed E-state index contributed by atoms with van der Waals surface area (Å²) in [5.41, 5.74) is 8.68. The van der Waals surface area contributed by atoms with Crippen LogP contribution >= 0.6 is 0 Å². The molecule has 0 aliphatic heterocycles. The number of likely N-dealkylation sites (N-methyl/N-ethyl adjacent to an activating group) is 1. The number of nitrogens with zero attached hydrogens (tertiary/aromatic N) is 1. The molecule has 0 aliphatic rings. The molecule has 0 aliphatic carbocycles. The highest BCUT2D eigenvalue weighted by atomic mass is 16.5. The Morgan fingerprint density at radius 3 is 2.53 bits per heavy atom. The number of carbonyl (C=O) groups excluding carboxylic acids is 1. The van der Waals surface area contributed by atoms with Crippen LogP contribution in [0, 0.1) is 13.8 Å². The molecule has 0 saturated heterocycles. The minimum atomic E-state index is -0.310. The molecule has 0 fully saturated rings. The number of rotatable bonds is 5. The van der Waals surface area contributed by atoms with Crippen molar-refractivity contribution in [1.29, 1.82) is 0 Å². The van der Waals surface area contributed by atoms with Gasteiger partial charge in [0.15, 0.2) is 0 Å². The number of primary amides is 1. The number of amides is 1. The van der Waals surface area contributed by atoms with E-state index in [1.54, 1.807) is 7.11 Å². The second-order valence-electron chi connectivity index (χ2n) is 4.32. The summed E-state index contributed by atoms with van der Waals surface area (Å²) in [6.45, 7) is 5.07. The number of benzene rings is 1. The molecule has 1 amide bonds. The summed E-state index contributed by atoms with van der Waals surface area (Å²) < 4.78 is 5.26. The van der Waals surface area contributed by atoms with Crippen molar-refractivity contribution in [3.63, 3.8) is 0 Å². The predicted octanol–water partition coefficient (Wildman–Crippen LogP) is 1.23. The lowest BCUT2D eigenvalue weighted by atomic mass is 10.0. The van der Waals surface area contributed by atoms with Gasteiger partial charge < -0.3 is 10.5 Å². The zero-order valence-corrected chi connectivity index (χ0v) is 10.9. The number of hydrogen-bond acceptors (Lipinski definition) is 3. The van der Waals surface area contributed by atoms with Crippen LogP contribution in [0.4, 0.5) is 0 Å². The van der Waals surface area contributed by atoms with Gasteiger partial charge in [0.25, 0.3) is 0 Å². The van der Waals surface area contributed by atoms with Gasteiger partial charge >= 0.3 is 0 Å². The van der Waals surface area contributed by atoms with Gasteiger partial charge in [0.2, 0.25) is 5.91 Å². The zero-order chi connectivity index (χ0) is 13.0. The molecule has 0 heterocycles. The van der Waals surface area contributed by atoms with E-state index in [1.807, 2.05) is 31.0 Å². The molecule has 94 valence electrons. The van der Waals surface area contributed by atoms with Gasteiger partial charge in [-0.3, -0.25) is 9.69 Å². The Hall–Kier alpha value is -1.55. The molecule has 1 rings (SSSR count). The lowest BCUT2D eigenvalue weighted by Crippen LogP contribution is -2.30. The number of methoxy groups -OCH3 is 1. The molecule has 0 radical (unpaired) electrons. The first-order valence-electron chi connectivity index (χ1n) is 5.55. The molecule has 1 aromatic carbocycles. The highest BCUT2D eigenvalue weighted by Gasteiger charge is 2.09. The van der Waals surface area contributed by atoms with Crippen LogP contribution in [0.3, 0.4) is 0 Å². The van der Waals surface area contributed by atoms with Crippen molar-refractivity contribution in [3.8, 4) is 5.75 Å². The number of ether oxygens (including phenoxy) is 1. The van der Waals surface area contributed by atoms with Crippen molar-refractivity contribution < 1.29 is 9.53 Å². The van der Waals surface area contributed by atoms with Gasteiger partial charge in [0.1, 0.15) is 5.75 Å². The smallest absolute Gasteiger partial charge is 0.231 e. The molecule has 2 N–H and O–H groups in total. The van der Waals surface area contributed by atoms with Gasteiger partial charge in [-0.15, -0.1) is 0 Å². The second kappa shape index (κ2) is 5.68. The molecule has 4 heteroatoms. The molecule has 4 nitrogen and oxygen atoms in total. The summed E-state index contributed by atoms with van der Waals surface area (Å²) in [4.78, 5) is 12.7. The molecular formula is C13H20N2O2. The van der Waals surface area contributed by atoms with Gasteiger partial charge in [0, 0.05) is 6.54 Å². The Balaban J connectivity index is 2.85. The van der Waals surface area contributed by atoms with Crippen molar-refractivity contribution in [1.82, 2.24) is 4.90 Å². The van der Waals surface area contributed by atoms with Gasteiger partial charge in [-0.05, 0) is 43.7 Å². The first-order chi connectivity index (χ1) is 7.95. The number of carbonyl (C=O) groups is 1. The van der Waals surface area contributed by atoms with E-state index >= 15 is 0 Å². The van der Waals surface area contributed by atoms with E-state index in [0.29, 0.717) is 6.54 Å². The maximum Gasteiger partial charge on any atom is 0.231 e. The molecule has 17 heavy (non-hydrogen) atoms. The maximum atomic E-state index is 10.8. The Labute approximate surface area is 102 Å². The summed E-state index contributed by atoms with van der Waals surface area (Å²) in [5, 5.41) is 0. The summed E-state index contributed by atoms with van der Waals surface area (Å²) in [6.07, 6.45) is 0. The summed E-state index contributed by atoms with van der Waals surface area (Å²) in [6, 6.07) is 3.98. The minimum Gasteiger partial charge on any atom is -0.496 e. The third-order valence-corrected chi connectivity index (χ3v) is 2.94. The van der Waals surface area contributed by atoms with E-state index in [1.165, 1.54) is 11.1 Å². The van der Waals surface area contributed by atoms with Crippen molar-refractivity contribution >= 4 is 5.91 Å². The topological polar surface area (TPSA) is 55.6 Å². The summed E-state index contributed by atoms with van der Waals surface area (Å²) in [5.74, 6) is 0.583. The summed E-state index contributed by atoms with van der Waals surface area (Å²) in [7, 11) is 3.55. The average Bonchev–Trinajstić information content (AvgIpc) is 2.24. The van der Waals surface area contributed by atoms with Crippen molar-refractivity contribution in [2.45, 2.75) is 20.4 Å². The van der Waals surface area contributed by atoms with Crippen LogP contribution in [0.2, 0.25) is 0 Å². The fraction of sp³-hybridized carbons (Fsp3) is 0.462. The van der Waals surface area contributed by atoms with Gasteiger partial charge in [-0.1, -0.05) is 6.07 Å². The van der Waals surface area contributed by atoms with E-state index < -0.39 is 0 Å². The van der Waals surface area contributed by atoms with E-state index in [2.05, 4.69) is 6.92 Å². The van der Waals surface area contributed by atoms with Crippen LogP contribution in [0.1, 0.15) is 16.7 Å². The normalized spacial score (nSPS) is 10.6. The second-order valence-corrected chi connectivity index (χ2v) is 4.32. The molecule has 0 spiro atoms. The monoisotopic (exact) mass is 236 g/mol. The first kappa shape index (κ1) is 13.5. The quantitative estimate of drug-likeness (QED) is 0.836. The van der Waals surface area contributed by atoms with Crippen LogP contribution < -0.4 is 10.5 Å². The Morgan fingerprint density at radius 1 is 1.35 bits per heavy atom. The van der Waals surface area contributed by atoms with E-state index in [4.69, 9.17) is 10.5 Å². The van der Waals surface area contributed by atoms with Gasteiger partial charge in [-0.25, -0.2) is 0 Å². The van der Waals surface area contributed by atoms with E-state index in [-0.39, 0.29) is 12.5 Å². The fourth-order valence-electron chi connectivity index (χ4n) is 1.86. The molecule has 0 unspecified atom stereocenters. The Bertz CT molecular complexity index is 416. The van der Waals surface area contributed by atoms with Gasteiger partial charge in [-0.2, -0.15) is 0 Å². The lowest BCUT2D eigenvalue weighted by Gasteiger charge is -2.18. The van der Waals surface area contributed by atoms with Crippen LogP contribution in [0.15, 0.2) is 12.1 Å². The molecular weight excluding hydrogens is 216 g/mol. The van der Waals surface area contributed by atoms with Crippen molar-refractivity contribution in [2.75, 3.05) is 20.7 Å². The van der Waals surface area contributed by atoms with Gasteiger partial charge in [0.05, 0.1) is 13.7 Å². The average molecular weight is 236 g/mol. The first-order valence-corrected chi connectivity index (χ1v) is 5.55. The van der Waals surface area contributed by atoms with E-state index in [9.17, 15) is 4.79 Å². The SMILES string of the molecule is COc1ccc(CN(C)CC(N)=O)c(C)c1C. The van der Waals surface area contributed by atoms with Crippen LogP contribution in [0.5, 0.6) is 5.75 Å². The lowest BCUT2D eigenvalue weighted by molar-refractivity contribution is -0.118. The maximum absolute atomic E-state index is 10.8. The van der Waals surface area contributed by atoms with Crippen molar-refractivity contribution in [2.24, 2.45) is 5.73 Å². The molecule has 0 saturated carbocycles. The summed E-state index contributed by atoms with van der Waals surface area (Å²) >= 11 is 0. The molecule has 0 atom stereocenters. The Kier molecular flexibility index (Phi) is 4.52. The standard InChI is InChI=1S/C13H20N2O2/c1-9-10(2)12(17-4)6-5-11(9)7-15(3)8-13(14)16/h5-6H,7-8H2,1-4H3,(H2,14,16). The third-order valence-electron chi connectivity index (χ3n) is 2.94. The van der Waals surface area contributed by atoms with Crippen LogP contribution in [-0.2, 0) is 11.3 Å².